The van der Waals surface area contributed by atoms with Gasteiger partial charge in [0.05, 0.1) is 0 Å². The fraction of sp³-hybridized carbons (Fsp3) is 0.182. The summed E-state index contributed by atoms with van der Waals surface area (Å²) in [5, 5.41) is 2.88. The summed E-state index contributed by atoms with van der Waals surface area (Å²) in [6.45, 7) is 1.66. The second-order valence-electron chi connectivity index (χ2n) is 6.67. The Morgan fingerprint density at radius 3 is 2.00 bits per heavy atom. The number of hydrogen-bond acceptors (Lipinski definition) is 2. The van der Waals surface area contributed by atoms with Crippen molar-refractivity contribution in [2.75, 3.05) is 18.4 Å². The Kier molecular flexibility index (Phi) is 4.75. The smallest absolute Gasteiger partial charge is 0.255 e. The molecule has 0 saturated carbocycles. The third-order valence-corrected chi connectivity index (χ3v) is 4.82. The first kappa shape index (κ1) is 17.1. The minimum atomic E-state index is -0.173. The van der Waals surface area contributed by atoms with Gasteiger partial charge in [0, 0.05) is 48.0 Å². The monoisotopic (exact) mass is 359 g/mol. The van der Waals surface area contributed by atoms with Crippen molar-refractivity contribution in [3.05, 3.63) is 84.2 Å². The van der Waals surface area contributed by atoms with Crippen molar-refractivity contribution in [3.63, 3.8) is 0 Å². The zero-order valence-corrected chi connectivity index (χ0v) is 15.0. The highest BCUT2D eigenvalue weighted by Gasteiger charge is 2.19. The molecular weight excluding hydrogens is 338 g/mol. The molecule has 1 aliphatic rings. The van der Waals surface area contributed by atoms with Crippen LogP contribution in [0.1, 0.15) is 33.6 Å². The molecule has 0 unspecified atom stereocenters. The van der Waals surface area contributed by atoms with E-state index in [1.54, 1.807) is 36.4 Å². The Balaban J connectivity index is 1.41. The Morgan fingerprint density at radius 2 is 1.37 bits per heavy atom. The van der Waals surface area contributed by atoms with E-state index in [9.17, 15) is 9.59 Å². The number of likely N-dealkylation sites (tertiary alicyclic amines) is 1. The molecule has 2 aromatic carbocycles. The Labute approximate surface area is 158 Å². The Hall–Kier alpha value is -3.34. The first-order chi connectivity index (χ1) is 13.2. The summed E-state index contributed by atoms with van der Waals surface area (Å²) >= 11 is 0. The summed E-state index contributed by atoms with van der Waals surface area (Å²) in [6.07, 6.45) is 6.06. The van der Waals surface area contributed by atoms with Crippen LogP contribution in [0.2, 0.25) is 0 Å². The number of amides is 2. The summed E-state index contributed by atoms with van der Waals surface area (Å²) in [6, 6.07) is 18.4. The van der Waals surface area contributed by atoms with E-state index in [0.29, 0.717) is 16.8 Å². The molecule has 0 spiro atoms. The molecule has 5 nitrogen and oxygen atoms in total. The van der Waals surface area contributed by atoms with Gasteiger partial charge in [-0.1, -0.05) is 0 Å². The summed E-state index contributed by atoms with van der Waals surface area (Å²) in [4.78, 5) is 26.7. The highest BCUT2D eigenvalue weighted by atomic mass is 16.2. The van der Waals surface area contributed by atoms with Crippen LogP contribution in [0.25, 0.3) is 5.69 Å². The maximum Gasteiger partial charge on any atom is 0.255 e. The number of carbonyl (C=O) groups excluding carboxylic acids is 2. The van der Waals surface area contributed by atoms with Crippen LogP contribution in [0, 0.1) is 0 Å². The van der Waals surface area contributed by atoms with Crippen LogP contribution in [0.4, 0.5) is 5.69 Å². The topological polar surface area (TPSA) is 54.3 Å². The molecule has 5 heteroatoms. The third-order valence-electron chi connectivity index (χ3n) is 4.82. The highest BCUT2D eigenvalue weighted by molar-refractivity contribution is 6.04. The van der Waals surface area contributed by atoms with Gasteiger partial charge in [-0.2, -0.15) is 0 Å². The molecule has 1 saturated heterocycles. The van der Waals surface area contributed by atoms with E-state index in [0.717, 1.165) is 31.6 Å². The van der Waals surface area contributed by atoms with Crippen LogP contribution in [0.15, 0.2) is 73.1 Å². The van der Waals surface area contributed by atoms with Crippen molar-refractivity contribution in [2.24, 2.45) is 0 Å². The number of aromatic nitrogens is 1. The van der Waals surface area contributed by atoms with E-state index in [2.05, 4.69) is 5.32 Å². The standard InChI is InChI=1S/C22H21N3O2/c26-21(17-7-11-20(12-8-17)24-13-1-2-14-24)23-19-9-5-18(6-10-19)22(27)25-15-3-4-16-25/h1-2,5-14H,3-4,15-16H2,(H,23,26). The van der Waals surface area contributed by atoms with Crippen LogP contribution in [0.5, 0.6) is 0 Å². The largest absolute Gasteiger partial charge is 0.339 e. The molecule has 136 valence electrons. The number of nitrogens with one attached hydrogen (secondary N) is 1. The average molecular weight is 359 g/mol. The lowest BCUT2D eigenvalue weighted by atomic mass is 10.1. The van der Waals surface area contributed by atoms with Crippen molar-refractivity contribution in [2.45, 2.75) is 12.8 Å². The third kappa shape index (κ3) is 3.77. The SMILES string of the molecule is O=C(Nc1ccc(C(=O)N2CCCC2)cc1)c1ccc(-n2cccc2)cc1. The molecule has 1 N–H and O–H groups in total. The van der Waals surface area contributed by atoms with Gasteiger partial charge in [-0.3, -0.25) is 9.59 Å². The van der Waals surface area contributed by atoms with E-state index in [4.69, 9.17) is 0 Å². The van der Waals surface area contributed by atoms with Crippen LogP contribution in [0.3, 0.4) is 0 Å². The first-order valence-electron chi connectivity index (χ1n) is 9.15. The zero-order valence-electron chi connectivity index (χ0n) is 15.0. The van der Waals surface area contributed by atoms with Gasteiger partial charge in [-0.15, -0.1) is 0 Å². The number of nitrogens with zero attached hydrogens (tertiary/aromatic N) is 2. The van der Waals surface area contributed by atoms with Gasteiger partial charge in [-0.25, -0.2) is 0 Å². The van der Waals surface area contributed by atoms with Gasteiger partial charge in [0.25, 0.3) is 11.8 Å². The second kappa shape index (κ2) is 7.50. The Morgan fingerprint density at radius 1 is 0.778 bits per heavy atom. The molecule has 0 aliphatic carbocycles. The molecular formula is C22H21N3O2. The lowest BCUT2D eigenvalue weighted by Crippen LogP contribution is -2.27. The molecule has 0 radical (unpaired) electrons. The van der Waals surface area contributed by atoms with Crippen molar-refractivity contribution < 1.29 is 9.59 Å². The summed E-state index contributed by atoms with van der Waals surface area (Å²) in [5.41, 5.74) is 2.92. The number of hydrogen-bond donors (Lipinski definition) is 1. The molecule has 2 amide bonds. The van der Waals surface area contributed by atoms with E-state index >= 15 is 0 Å². The van der Waals surface area contributed by atoms with Gasteiger partial charge in [0.1, 0.15) is 0 Å². The normalized spacial score (nSPS) is 13.6. The van der Waals surface area contributed by atoms with Crippen molar-refractivity contribution >= 4 is 17.5 Å². The fourth-order valence-corrected chi connectivity index (χ4v) is 3.29. The molecule has 1 aromatic heterocycles. The van der Waals surface area contributed by atoms with Crippen LogP contribution in [-0.2, 0) is 0 Å². The number of rotatable bonds is 4. The molecule has 1 fully saturated rings. The summed E-state index contributed by atoms with van der Waals surface area (Å²) in [7, 11) is 0. The molecule has 2 heterocycles. The van der Waals surface area contributed by atoms with Gasteiger partial charge < -0.3 is 14.8 Å². The van der Waals surface area contributed by atoms with E-state index in [1.165, 1.54) is 0 Å². The van der Waals surface area contributed by atoms with Crippen LogP contribution < -0.4 is 5.32 Å². The van der Waals surface area contributed by atoms with E-state index < -0.39 is 0 Å². The van der Waals surface area contributed by atoms with Crippen LogP contribution >= 0.6 is 0 Å². The lowest BCUT2D eigenvalue weighted by Gasteiger charge is -2.15. The average Bonchev–Trinajstić information content (AvgIpc) is 3.42. The molecule has 3 aromatic rings. The van der Waals surface area contributed by atoms with Crippen molar-refractivity contribution in [3.8, 4) is 5.69 Å². The van der Waals surface area contributed by atoms with Gasteiger partial charge in [0.15, 0.2) is 0 Å². The Bertz CT molecular complexity index is 923. The molecule has 4 rings (SSSR count). The number of carbonyl (C=O) groups is 2. The van der Waals surface area contributed by atoms with Gasteiger partial charge >= 0.3 is 0 Å². The fourth-order valence-electron chi connectivity index (χ4n) is 3.29. The van der Waals surface area contributed by atoms with Crippen molar-refractivity contribution in [1.29, 1.82) is 0 Å². The maximum atomic E-state index is 12.4. The number of benzene rings is 2. The molecule has 1 aliphatic heterocycles. The zero-order chi connectivity index (χ0) is 18.6. The molecule has 27 heavy (non-hydrogen) atoms. The highest BCUT2D eigenvalue weighted by Crippen LogP contribution is 2.17. The summed E-state index contributed by atoms with van der Waals surface area (Å²) < 4.78 is 1.98. The van der Waals surface area contributed by atoms with Crippen molar-refractivity contribution in [1.82, 2.24) is 9.47 Å². The number of anilines is 1. The minimum absolute atomic E-state index is 0.0611. The second-order valence-corrected chi connectivity index (χ2v) is 6.67. The van der Waals surface area contributed by atoms with Gasteiger partial charge in [0.2, 0.25) is 0 Å². The van der Waals surface area contributed by atoms with Gasteiger partial charge in [-0.05, 0) is 73.5 Å². The summed E-state index contributed by atoms with van der Waals surface area (Å²) in [5.74, 6) is -0.112. The lowest BCUT2D eigenvalue weighted by molar-refractivity contribution is 0.0792. The van der Waals surface area contributed by atoms with Crippen LogP contribution in [-0.4, -0.2) is 34.4 Å². The first-order valence-corrected chi connectivity index (χ1v) is 9.15. The minimum Gasteiger partial charge on any atom is -0.339 e. The van der Waals surface area contributed by atoms with E-state index in [1.807, 2.05) is 46.1 Å². The molecule has 0 bridgehead atoms. The van der Waals surface area contributed by atoms with E-state index in [-0.39, 0.29) is 11.8 Å². The predicted octanol–water partition coefficient (Wildman–Crippen LogP) is 3.97. The maximum absolute atomic E-state index is 12.4. The molecule has 0 atom stereocenters. The predicted molar refractivity (Wildman–Crippen MR) is 105 cm³/mol. The quantitative estimate of drug-likeness (QED) is 0.766.